The maximum Gasteiger partial charge on any atom is 0.264 e. The third-order valence-corrected chi connectivity index (χ3v) is 1.92. The molecule has 0 radical (unpaired) electrons. The van der Waals surface area contributed by atoms with Gasteiger partial charge >= 0.3 is 0 Å². The van der Waals surface area contributed by atoms with E-state index < -0.39 is 12.5 Å². The molecule has 0 aliphatic rings. The molecule has 6 heteroatoms. The summed E-state index contributed by atoms with van der Waals surface area (Å²) in [5.74, 6) is -2.18. The van der Waals surface area contributed by atoms with E-state index in [1.807, 2.05) is 6.92 Å². The van der Waals surface area contributed by atoms with Crippen molar-refractivity contribution >= 4 is 12.4 Å². The molecular weight excluding hydrogens is 250 g/mol. The van der Waals surface area contributed by atoms with E-state index in [4.69, 9.17) is 0 Å². The molecule has 0 saturated carbocycles. The number of rotatable bonds is 5. The third kappa shape index (κ3) is 6.49. The van der Waals surface area contributed by atoms with Gasteiger partial charge in [0, 0.05) is 13.6 Å². The second kappa shape index (κ2) is 7.45. The molecule has 0 atom stereocenters. The van der Waals surface area contributed by atoms with Crippen molar-refractivity contribution in [1.82, 2.24) is 15.0 Å². The summed E-state index contributed by atoms with van der Waals surface area (Å²) in [6.07, 6.45) is 3.27. The highest BCUT2D eigenvalue weighted by atomic mass is 19.3. The van der Waals surface area contributed by atoms with E-state index in [0.717, 1.165) is 11.9 Å². The van der Waals surface area contributed by atoms with Gasteiger partial charge in [0.05, 0.1) is 17.6 Å². The first-order valence-corrected chi connectivity index (χ1v) is 5.65. The fourth-order valence-electron chi connectivity index (χ4n) is 1.20. The summed E-state index contributed by atoms with van der Waals surface area (Å²) < 4.78 is 25.7. The second-order valence-electron chi connectivity index (χ2n) is 4.01. The standard InChI is InChI=1S/C10H14F2N4.C3H6/c1-7(9-5-14-8(2)15-9)16(13-4)6-10(3,11)12;1-3-2/h5H,1,4,6H2,2-3H3,(H,14,15);3H,1H2,2H3. The van der Waals surface area contributed by atoms with Crippen LogP contribution in [-0.2, 0) is 0 Å². The largest absolute Gasteiger partial charge is 0.341 e. The summed E-state index contributed by atoms with van der Waals surface area (Å²) in [6.45, 7) is 14.2. The Balaban J connectivity index is 0.000000982. The monoisotopic (exact) mass is 270 g/mol. The zero-order valence-corrected chi connectivity index (χ0v) is 11.6. The molecule has 0 unspecified atom stereocenters. The Morgan fingerprint density at radius 2 is 2.16 bits per heavy atom. The minimum Gasteiger partial charge on any atom is -0.341 e. The molecule has 1 aromatic heterocycles. The zero-order valence-electron chi connectivity index (χ0n) is 11.6. The van der Waals surface area contributed by atoms with Crippen LogP contribution in [0.1, 0.15) is 25.4 Å². The Labute approximate surface area is 112 Å². The van der Waals surface area contributed by atoms with E-state index in [1.165, 1.54) is 6.20 Å². The number of nitrogens with one attached hydrogen (secondary N) is 1. The molecule has 1 aromatic rings. The molecule has 1 N–H and O–H groups in total. The fourth-order valence-corrected chi connectivity index (χ4v) is 1.20. The minimum absolute atomic E-state index is 0.317. The molecule has 4 nitrogen and oxygen atoms in total. The molecule has 1 rings (SSSR count). The minimum atomic E-state index is -2.86. The molecule has 0 bridgehead atoms. The quantitative estimate of drug-likeness (QED) is 0.506. The lowest BCUT2D eigenvalue weighted by Gasteiger charge is -2.23. The van der Waals surface area contributed by atoms with Gasteiger partial charge in [0.25, 0.3) is 5.92 Å². The Bertz CT molecular complexity index is 432. The van der Waals surface area contributed by atoms with E-state index >= 15 is 0 Å². The summed E-state index contributed by atoms with van der Waals surface area (Å²) in [7, 11) is 0. The average Bonchev–Trinajstić information content (AvgIpc) is 2.71. The van der Waals surface area contributed by atoms with Gasteiger partial charge in [-0.25, -0.2) is 13.8 Å². The first kappa shape index (κ1) is 17.0. The molecule has 0 amide bonds. The first-order valence-electron chi connectivity index (χ1n) is 5.65. The van der Waals surface area contributed by atoms with Crippen molar-refractivity contribution in [3.63, 3.8) is 0 Å². The van der Waals surface area contributed by atoms with E-state index in [0.29, 0.717) is 17.2 Å². The summed E-state index contributed by atoms with van der Waals surface area (Å²) in [5, 5.41) is 4.56. The van der Waals surface area contributed by atoms with Gasteiger partial charge in [-0.3, -0.25) is 5.01 Å². The summed E-state index contributed by atoms with van der Waals surface area (Å²) in [4.78, 5) is 6.85. The van der Waals surface area contributed by atoms with Crippen LogP contribution in [0.2, 0.25) is 0 Å². The number of alkyl halides is 2. The predicted octanol–water partition coefficient (Wildman–Crippen LogP) is 3.45. The summed E-state index contributed by atoms with van der Waals surface area (Å²) in [6, 6.07) is 0. The van der Waals surface area contributed by atoms with Gasteiger partial charge in [-0.2, -0.15) is 5.10 Å². The van der Waals surface area contributed by atoms with E-state index in [1.54, 1.807) is 13.0 Å². The van der Waals surface area contributed by atoms with Gasteiger partial charge in [0.1, 0.15) is 12.4 Å². The number of halogens is 2. The number of aryl methyl sites for hydroxylation is 1. The second-order valence-corrected chi connectivity index (χ2v) is 4.01. The zero-order chi connectivity index (χ0) is 15.1. The number of allylic oxidation sites excluding steroid dienone is 1. The van der Waals surface area contributed by atoms with Crippen LogP contribution >= 0.6 is 0 Å². The van der Waals surface area contributed by atoms with Gasteiger partial charge in [0.2, 0.25) is 0 Å². The van der Waals surface area contributed by atoms with Crippen LogP contribution in [0, 0.1) is 6.92 Å². The van der Waals surface area contributed by atoms with Crippen molar-refractivity contribution in [2.45, 2.75) is 26.7 Å². The number of H-pyrrole nitrogens is 1. The first-order chi connectivity index (χ1) is 8.75. The SMILES string of the molecule is C=CC.C=NN(CC(C)(F)F)C(=C)c1cnc(C)[nH]1. The van der Waals surface area contributed by atoms with Crippen molar-refractivity contribution in [3.8, 4) is 0 Å². The van der Waals surface area contributed by atoms with Gasteiger partial charge in [0.15, 0.2) is 0 Å². The van der Waals surface area contributed by atoms with Crippen LogP contribution in [0.5, 0.6) is 0 Å². The van der Waals surface area contributed by atoms with Crippen molar-refractivity contribution < 1.29 is 8.78 Å². The number of aromatic amines is 1. The molecule has 0 spiro atoms. The Kier molecular flexibility index (Phi) is 6.68. The molecule has 0 saturated heterocycles. The Hall–Kier alpha value is -1.98. The molecule has 19 heavy (non-hydrogen) atoms. The molecule has 0 fully saturated rings. The Morgan fingerprint density at radius 3 is 2.47 bits per heavy atom. The highest BCUT2D eigenvalue weighted by Crippen LogP contribution is 2.21. The fraction of sp³-hybridized carbons (Fsp3) is 0.385. The molecule has 1 heterocycles. The maximum absolute atomic E-state index is 12.8. The number of nitrogens with zero attached hydrogens (tertiary/aromatic N) is 3. The lowest BCUT2D eigenvalue weighted by molar-refractivity contribution is 0.0000947. The third-order valence-electron chi connectivity index (χ3n) is 1.92. The number of hydrogen-bond acceptors (Lipinski definition) is 3. The van der Waals surface area contributed by atoms with Crippen molar-refractivity contribution in [3.05, 3.63) is 36.9 Å². The topological polar surface area (TPSA) is 44.3 Å². The van der Waals surface area contributed by atoms with Gasteiger partial charge in [-0.05, 0) is 13.8 Å². The van der Waals surface area contributed by atoms with Crippen molar-refractivity contribution in [1.29, 1.82) is 0 Å². The number of hydrazone groups is 1. The highest BCUT2D eigenvalue weighted by Gasteiger charge is 2.26. The highest BCUT2D eigenvalue weighted by molar-refractivity contribution is 5.58. The molecule has 106 valence electrons. The van der Waals surface area contributed by atoms with Gasteiger partial charge in [-0.15, -0.1) is 6.58 Å². The lowest BCUT2D eigenvalue weighted by Crippen LogP contribution is -2.29. The average molecular weight is 270 g/mol. The van der Waals surface area contributed by atoms with Crippen LogP contribution in [0.25, 0.3) is 5.70 Å². The Morgan fingerprint density at radius 1 is 1.63 bits per heavy atom. The normalized spacial score (nSPS) is 10.2. The van der Waals surface area contributed by atoms with Crippen LogP contribution < -0.4 is 0 Å². The van der Waals surface area contributed by atoms with Crippen LogP contribution in [0.15, 0.2) is 30.5 Å². The number of aromatic nitrogens is 2. The maximum atomic E-state index is 12.8. The molecular formula is C13H20F2N4. The molecule has 0 aliphatic heterocycles. The van der Waals surface area contributed by atoms with Crippen molar-refractivity contribution in [2.24, 2.45) is 5.10 Å². The van der Waals surface area contributed by atoms with Crippen LogP contribution in [0.4, 0.5) is 8.78 Å². The summed E-state index contributed by atoms with van der Waals surface area (Å²) in [5.41, 5.74) is 0.867. The van der Waals surface area contributed by atoms with E-state index in [-0.39, 0.29) is 0 Å². The van der Waals surface area contributed by atoms with Crippen LogP contribution in [-0.4, -0.2) is 34.2 Å². The molecule has 0 aliphatic carbocycles. The van der Waals surface area contributed by atoms with Crippen molar-refractivity contribution in [2.75, 3.05) is 6.54 Å². The number of imidazole rings is 1. The van der Waals surface area contributed by atoms with Gasteiger partial charge in [-0.1, -0.05) is 12.7 Å². The van der Waals surface area contributed by atoms with E-state index in [2.05, 4.69) is 34.9 Å². The smallest absolute Gasteiger partial charge is 0.264 e. The molecule has 0 aromatic carbocycles. The van der Waals surface area contributed by atoms with Crippen LogP contribution in [0.3, 0.4) is 0 Å². The predicted molar refractivity (Wildman–Crippen MR) is 75.1 cm³/mol. The lowest BCUT2D eigenvalue weighted by atomic mass is 10.3. The van der Waals surface area contributed by atoms with E-state index in [9.17, 15) is 8.78 Å². The number of hydrogen-bond donors (Lipinski definition) is 1. The summed E-state index contributed by atoms with van der Waals surface area (Å²) >= 11 is 0. The van der Waals surface area contributed by atoms with Gasteiger partial charge < -0.3 is 4.98 Å².